The van der Waals surface area contributed by atoms with Gasteiger partial charge in [0.25, 0.3) is 5.91 Å². The maximum absolute atomic E-state index is 12.1. The van der Waals surface area contributed by atoms with E-state index in [0.29, 0.717) is 18.7 Å². The maximum atomic E-state index is 12.1. The summed E-state index contributed by atoms with van der Waals surface area (Å²) in [6, 6.07) is 5.58. The van der Waals surface area contributed by atoms with Crippen molar-refractivity contribution in [1.29, 1.82) is 0 Å². The van der Waals surface area contributed by atoms with E-state index < -0.39 is 6.10 Å². The minimum Gasteiger partial charge on any atom is -0.494 e. The number of rotatable bonds is 3. The number of amides is 1. The fraction of sp³-hybridized carbons (Fsp3) is 0.375. The number of methoxy groups -OCH3 is 1. The van der Waals surface area contributed by atoms with Crippen molar-refractivity contribution >= 4 is 11.6 Å². The van der Waals surface area contributed by atoms with Crippen molar-refractivity contribution in [3.8, 4) is 11.4 Å². The molecule has 6 heteroatoms. The molecule has 116 valence electrons. The number of hydrogen-bond acceptors (Lipinski definition) is 4. The molecule has 2 aromatic rings. The Morgan fingerprint density at radius 2 is 2.23 bits per heavy atom. The average Bonchev–Trinajstić information content (AvgIpc) is 2.96. The number of piperidine rings is 1. The molecule has 1 fully saturated rings. The van der Waals surface area contributed by atoms with Crippen LogP contribution in [0, 0.1) is 6.92 Å². The molecule has 3 rings (SSSR count). The number of aliphatic hydroxyl groups is 1. The molecule has 0 bridgehead atoms. The molecular weight excluding hydrogens is 282 g/mol. The normalized spacial score (nSPS) is 18.6. The van der Waals surface area contributed by atoms with E-state index in [4.69, 9.17) is 4.74 Å². The minimum absolute atomic E-state index is 0.250. The highest BCUT2D eigenvalue weighted by atomic mass is 16.5. The summed E-state index contributed by atoms with van der Waals surface area (Å²) in [5.74, 6) is 0.405. The number of aromatic nitrogens is 2. The van der Waals surface area contributed by atoms with Gasteiger partial charge in [-0.2, -0.15) is 0 Å². The molecule has 6 nitrogen and oxygen atoms in total. The average molecular weight is 301 g/mol. The predicted molar refractivity (Wildman–Crippen MR) is 82.4 cm³/mol. The molecule has 2 heterocycles. The number of anilines is 1. The Hall–Kier alpha value is -2.34. The molecule has 1 atom stereocenters. The number of carbonyl (C=O) groups is 1. The minimum atomic E-state index is -0.907. The third kappa shape index (κ3) is 2.57. The van der Waals surface area contributed by atoms with Crippen molar-refractivity contribution in [3.05, 3.63) is 36.4 Å². The van der Waals surface area contributed by atoms with Crippen LogP contribution >= 0.6 is 0 Å². The van der Waals surface area contributed by atoms with Gasteiger partial charge in [0.05, 0.1) is 24.8 Å². The lowest BCUT2D eigenvalue weighted by molar-refractivity contribution is -0.128. The zero-order valence-corrected chi connectivity index (χ0v) is 12.7. The Morgan fingerprint density at radius 3 is 2.91 bits per heavy atom. The number of aliphatic hydroxyl groups excluding tert-OH is 1. The van der Waals surface area contributed by atoms with Crippen molar-refractivity contribution in [3.63, 3.8) is 0 Å². The van der Waals surface area contributed by atoms with Crippen molar-refractivity contribution < 1.29 is 14.6 Å². The first-order valence-corrected chi connectivity index (χ1v) is 7.28. The Bertz CT molecular complexity index is 696. The van der Waals surface area contributed by atoms with Gasteiger partial charge >= 0.3 is 0 Å². The van der Waals surface area contributed by atoms with Crippen LogP contribution < -0.4 is 9.64 Å². The Labute approximate surface area is 129 Å². The molecule has 1 saturated heterocycles. The van der Waals surface area contributed by atoms with Gasteiger partial charge in [-0.05, 0) is 31.9 Å². The summed E-state index contributed by atoms with van der Waals surface area (Å²) in [4.78, 5) is 17.9. The molecule has 0 aliphatic carbocycles. The van der Waals surface area contributed by atoms with Crippen LogP contribution in [0.15, 0.2) is 30.7 Å². The number of nitrogens with zero attached hydrogens (tertiary/aromatic N) is 3. The fourth-order valence-corrected chi connectivity index (χ4v) is 2.71. The molecule has 1 N–H and O–H groups in total. The summed E-state index contributed by atoms with van der Waals surface area (Å²) in [5.41, 5.74) is 2.51. The van der Waals surface area contributed by atoms with Crippen LogP contribution in [-0.2, 0) is 4.79 Å². The third-order valence-electron chi connectivity index (χ3n) is 3.88. The fourth-order valence-electron chi connectivity index (χ4n) is 2.71. The van der Waals surface area contributed by atoms with Crippen LogP contribution in [0.25, 0.3) is 5.69 Å². The molecule has 1 unspecified atom stereocenters. The van der Waals surface area contributed by atoms with Gasteiger partial charge in [-0.15, -0.1) is 0 Å². The molecule has 1 aliphatic heterocycles. The Kier molecular flexibility index (Phi) is 3.85. The molecule has 0 spiro atoms. The van der Waals surface area contributed by atoms with E-state index in [0.717, 1.165) is 23.5 Å². The van der Waals surface area contributed by atoms with Gasteiger partial charge in [0.1, 0.15) is 11.9 Å². The quantitative estimate of drug-likeness (QED) is 0.936. The van der Waals surface area contributed by atoms with Crippen LogP contribution in [0.1, 0.15) is 18.5 Å². The third-order valence-corrected chi connectivity index (χ3v) is 3.88. The summed E-state index contributed by atoms with van der Waals surface area (Å²) in [6.45, 7) is 2.54. The van der Waals surface area contributed by atoms with E-state index in [1.165, 1.54) is 0 Å². The lowest BCUT2D eigenvalue weighted by atomic mass is 10.1. The molecule has 1 aromatic heterocycles. The van der Waals surface area contributed by atoms with E-state index in [1.807, 2.05) is 35.9 Å². The zero-order chi connectivity index (χ0) is 15.7. The topological polar surface area (TPSA) is 67.6 Å². The van der Waals surface area contributed by atoms with Crippen LogP contribution in [-0.4, -0.2) is 40.3 Å². The summed E-state index contributed by atoms with van der Waals surface area (Å²) >= 11 is 0. The number of ether oxygens (including phenoxy) is 1. The second-order valence-electron chi connectivity index (χ2n) is 5.43. The van der Waals surface area contributed by atoms with Gasteiger partial charge in [0.2, 0.25) is 0 Å². The highest BCUT2D eigenvalue weighted by Gasteiger charge is 2.28. The summed E-state index contributed by atoms with van der Waals surface area (Å²) in [6.07, 6.45) is 4.04. The lowest BCUT2D eigenvalue weighted by Crippen LogP contribution is -2.44. The first kappa shape index (κ1) is 14.6. The number of benzene rings is 1. The SMILES string of the molecule is COc1cc(N2CCCC(O)C2=O)ccc1-n1cnc(C)c1. The van der Waals surface area contributed by atoms with Gasteiger partial charge in [-0.3, -0.25) is 4.79 Å². The van der Waals surface area contributed by atoms with E-state index >= 15 is 0 Å². The Balaban J connectivity index is 1.96. The summed E-state index contributed by atoms with van der Waals surface area (Å²) in [5, 5.41) is 9.74. The summed E-state index contributed by atoms with van der Waals surface area (Å²) in [7, 11) is 1.60. The number of imidazole rings is 1. The van der Waals surface area contributed by atoms with Crippen molar-refractivity contribution in [2.75, 3.05) is 18.6 Å². The highest BCUT2D eigenvalue weighted by Crippen LogP contribution is 2.30. The molecule has 1 aromatic carbocycles. The zero-order valence-electron chi connectivity index (χ0n) is 12.7. The molecule has 1 aliphatic rings. The van der Waals surface area contributed by atoms with Crippen molar-refractivity contribution in [2.45, 2.75) is 25.9 Å². The van der Waals surface area contributed by atoms with E-state index in [9.17, 15) is 9.90 Å². The number of hydrogen-bond donors (Lipinski definition) is 1. The van der Waals surface area contributed by atoms with Gasteiger partial charge in [-0.25, -0.2) is 4.98 Å². The molecular formula is C16H19N3O3. The predicted octanol–water partition coefficient (Wildman–Crippen LogP) is 1.68. The monoisotopic (exact) mass is 301 g/mol. The standard InChI is InChI=1S/C16H19N3O3/c1-11-9-18(10-17-11)13-6-5-12(8-15(13)22-2)19-7-3-4-14(20)16(19)21/h5-6,8-10,14,20H,3-4,7H2,1-2H3. The Morgan fingerprint density at radius 1 is 1.41 bits per heavy atom. The van der Waals surface area contributed by atoms with Gasteiger partial charge in [0.15, 0.2) is 0 Å². The smallest absolute Gasteiger partial charge is 0.255 e. The number of carbonyl (C=O) groups excluding carboxylic acids is 1. The van der Waals surface area contributed by atoms with E-state index in [-0.39, 0.29) is 5.91 Å². The highest BCUT2D eigenvalue weighted by molar-refractivity contribution is 5.97. The molecule has 0 saturated carbocycles. The van der Waals surface area contributed by atoms with E-state index in [2.05, 4.69) is 4.98 Å². The van der Waals surface area contributed by atoms with E-state index in [1.54, 1.807) is 18.3 Å². The lowest BCUT2D eigenvalue weighted by Gasteiger charge is -2.30. The van der Waals surface area contributed by atoms with Gasteiger partial charge in [-0.1, -0.05) is 0 Å². The van der Waals surface area contributed by atoms with Crippen LogP contribution in [0.5, 0.6) is 5.75 Å². The summed E-state index contributed by atoms with van der Waals surface area (Å²) < 4.78 is 7.33. The van der Waals surface area contributed by atoms with Crippen LogP contribution in [0.2, 0.25) is 0 Å². The first-order valence-electron chi connectivity index (χ1n) is 7.28. The molecule has 0 radical (unpaired) electrons. The van der Waals surface area contributed by atoms with Crippen molar-refractivity contribution in [1.82, 2.24) is 9.55 Å². The van der Waals surface area contributed by atoms with Crippen LogP contribution in [0.4, 0.5) is 5.69 Å². The molecule has 1 amide bonds. The van der Waals surface area contributed by atoms with Gasteiger partial charge < -0.3 is 19.3 Å². The molecule has 22 heavy (non-hydrogen) atoms. The van der Waals surface area contributed by atoms with Crippen LogP contribution in [0.3, 0.4) is 0 Å². The second kappa shape index (κ2) is 5.81. The number of aryl methyl sites for hydroxylation is 1. The second-order valence-corrected chi connectivity index (χ2v) is 5.43. The first-order chi connectivity index (χ1) is 10.6. The van der Waals surface area contributed by atoms with Crippen molar-refractivity contribution in [2.24, 2.45) is 0 Å². The van der Waals surface area contributed by atoms with Gasteiger partial charge in [0, 0.05) is 24.5 Å². The maximum Gasteiger partial charge on any atom is 0.255 e. The largest absolute Gasteiger partial charge is 0.494 e.